The number of hydrogen-bond acceptors (Lipinski definition) is 6. The Morgan fingerprint density at radius 2 is 1.81 bits per heavy atom. The predicted molar refractivity (Wildman–Crippen MR) is 117 cm³/mol. The van der Waals surface area contributed by atoms with E-state index < -0.39 is 0 Å². The number of carbonyl (C=O) groups excluding carboxylic acids is 1. The lowest BCUT2D eigenvalue weighted by Crippen LogP contribution is -2.29. The third-order valence-corrected chi connectivity index (χ3v) is 4.55. The molecule has 1 aromatic heterocycles. The third-order valence-electron chi connectivity index (χ3n) is 4.55. The maximum absolute atomic E-state index is 12.3. The number of amides is 1. The maximum Gasteiger partial charge on any atom is 0.241 e. The van der Waals surface area contributed by atoms with Crippen molar-refractivity contribution in [2.24, 2.45) is 0 Å². The largest absolute Gasteiger partial charge is 0.493 e. The summed E-state index contributed by atoms with van der Waals surface area (Å²) in [4.78, 5) is 12.3. The molecule has 1 amide bonds. The summed E-state index contributed by atoms with van der Waals surface area (Å²) in [6.45, 7) is 4.58. The number of carbonyl (C=O) groups is 1. The van der Waals surface area contributed by atoms with Crippen molar-refractivity contribution in [3.05, 3.63) is 54.2 Å². The summed E-state index contributed by atoms with van der Waals surface area (Å²) in [6.07, 6.45) is 2.56. The second kappa shape index (κ2) is 10.5. The fourth-order valence-electron chi connectivity index (χ4n) is 3.07. The van der Waals surface area contributed by atoms with Gasteiger partial charge in [-0.1, -0.05) is 11.3 Å². The minimum absolute atomic E-state index is 0.105. The van der Waals surface area contributed by atoms with Crippen LogP contribution in [0.15, 0.2) is 48.7 Å². The highest BCUT2D eigenvalue weighted by molar-refractivity contribution is 5.75. The Kier molecular flexibility index (Phi) is 7.48. The molecule has 2 aromatic carbocycles. The van der Waals surface area contributed by atoms with Crippen molar-refractivity contribution in [2.75, 3.05) is 20.8 Å². The van der Waals surface area contributed by atoms with Crippen LogP contribution in [0, 0.1) is 0 Å². The maximum atomic E-state index is 12.3. The van der Waals surface area contributed by atoms with E-state index in [4.69, 9.17) is 14.2 Å². The smallest absolute Gasteiger partial charge is 0.241 e. The Balaban J connectivity index is 1.50. The van der Waals surface area contributed by atoms with Crippen molar-refractivity contribution in [2.45, 2.75) is 32.9 Å². The van der Waals surface area contributed by atoms with Crippen molar-refractivity contribution < 1.29 is 19.0 Å². The molecule has 0 atom stereocenters. The molecule has 0 fully saturated rings. The summed E-state index contributed by atoms with van der Waals surface area (Å²) < 4.78 is 17.7. The van der Waals surface area contributed by atoms with E-state index in [1.54, 1.807) is 20.4 Å². The normalized spacial score (nSPS) is 10.7. The van der Waals surface area contributed by atoms with E-state index in [0.717, 1.165) is 16.9 Å². The second-order valence-corrected chi connectivity index (χ2v) is 7.28. The van der Waals surface area contributed by atoms with Gasteiger partial charge in [0.25, 0.3) is 0 Å². The van der Waals surface area contributed by atoms with Gasteiger partial charge in [0.05, 0.1) is 26.5 Å². The Labute approximate surface area is 182 Å². The Morgan fingerprint density at radius 1 is 1.06 bits per heavy atom. The van der Waals surface area contributed by atoms with Crippen LogP contribution in [-0.2, 0) is 17.8 Å². The van der Waals surface area contributed by atoms with Gasteiger partial charge in [-0.15, -0.1) is 5.10 Å². The Bertz CT molecular complexity index is 999. The zero-order chi connectivity index (χ0) is 22.2. The molecule has 1 heterocycles. The van der Waals surface area contributed by atoms with Gasteiger partial charge >= 0.3 is 0 Å². The van der Waals surface area contributed by atoms with Crippen LogP contribution in [0.4, 0.5) is 0 Å². The van der Waals surface area contributed by atoms with Crippen LogP contribution in [0.1, 0.15) is 19.4 Å². The number of rotatable bonds is 10. The number of hydrogen-bond donors (Lipinski definition) is 1. The standard InChI is InChI=1S/C23H28N4O4/c1-16(2)31-19-8-6-18(7-9-19)20-14-27(26-25-20)15-23(28)24-12-11-17-5-10-21(29-3)22(13-17)30-4/h5-10,13-14,16H,11-12,15H2,1-4H3,(H,24,28). The highest BCUT2D eigenvalue weighted by Crippen LogP contribution is 2.27. The summed E-state index contributed by atoms with van der Waals surface area (Å²) in [5.74, 6) is 2.03. The molecule has 0 unspecified atom stereocenters. The zero-order valence-electron chi connectivity index (χ0n) is 18.3. The van der Waals surface area contributed by atoms with Gasteiger partial charge in [0, 0.05) is 12.1 Å². The predicted octanol–water partition coefficient (Wildman–Crippen LogP) is 3.11. The first-order valence-electron chi connectivity index (χ1n) is 10.1. The highest BCUT2D eigenvalue weighted by atomic mass is 16.5. The number of nitrogens with zero attached hydrogens (tertiary/aromatic N) is 3. The SMILES string of the molecule is COc1ccc(CCNC(=O)Cn2cc(-c3ccc(OC(C)C)cc3)nn2)cc1OC. The van der Waals surface area contributed by atoms with E-state index in [9.17, 15) is 4.79 Å². The van der Waals surface area contributed by atoms with Gasteiger partial charge in [-0.25, -0.2) is 4.68 Å². The molecular formula is C23H28N4O4. The Hall–Kier alpha value is -3.55. The van der Waals surface area contributed by atoms with Gasteiger partial charge in [0.2, 0.25) is 5.91 Å². The van der Waals surface area contributed by atoms with Gasteiger partial charge in [-0.05, 0) is 62.2 Å². The van der Waals surface area contributed by atoms with E-state index in [2.05, 4.69) is 15.6 Å². The molecule has 8 heteroatoms. The summed E-state index contributed by atoms with van der Waals surface area (Å²) in [5.41, 5.74) is 2.66. The number of aromatic nitrogens is 3. The van der Waals surface area contributed by atoms with Crippen LogP contribution in [0.25, 0.3) is 11.3 Å². The summed E-state index contributed by atoms with van der Waals surface area (Å²) in [7, 11) is 3.20. The van der Waals surface area contributed by atoms with Crippen molar-refractivity contribution in [1.82, 2.24) is 20.3 Å². The molecule has 0 radical (unpaired) electrons. The monoisotopic (exact) mass is 424 g/mol. The van der Waals surface area contributed by atoms with E-state index in [1.807, 2.05) is 56.3 Å². The van der Waals surface area contributed by atoms with Gasteiger partial charge in [-0.2, -0.15) is 0 Å². The van der Waals surface area contributed by atoms with Gasteiger partial charge in [-0.3, -0.25) is 4.79 Å². The van der Waals surface area contributed by atoms with Crippen molar-refractivity contribution in [3.63, 3.8) is 0 Å². The average molecular weight is 425 g/mol. The van der Waals surface area contributed by atoms with Crippen LogP contribution >= 0.6 is 0 Å². The molecule has 0 spiro atoms. The summed E-state index contributed by atoms with van der Waals surface area (Å²) in [5, 5.41) is 11.1. The van der Waals surface area contributed by atoms with Crippen LogP contribution < -0.4 is 19.5 Å². The molecule has 0 bridgehead atoms. The topological polar surface area (TPSA) is 87.5 Å². The first-order chi connectivity index (χ1) is 15.0. The molecule has 3 rings (SSSR count). The van der Waals surface area contributed by atoms with Crippen LogP contribution in [-0.4, -0.2) is 47.8 Å². The number of methoxy groups -OCH3 is 2. The molecular weight excluding hydrogens is 396 g/mol. The molecule has 8 nitrogen and oxygen atoms in total. The molecule has 0 aliphatic heterocycles. The van der Waals surface area contributed by atoms with E-state index in [1.165, 1.54) is 4.68 Å². The van der Waals surface area contributed by atoms with E-state index >= 15 is 0 Å². The summed E-state index contributed by atoms with van der Waals surface area (Å²) in [6, 6.07) is 13.4. The lowest BCUT2D eigenvalue weighted by Gasteiger charge is -2.10. The van der Waals surface area contributed by atoms with Crippen molar-refractivity contribution >= 4 is 5.91 Å². The van der Waals surface area contributed by atoms with Crippen LogP contribution in [0.2, 0.25) is 0 Å². The molecule has 0 saturated carbocycles. The summed E-state index contributed by atoms with van der Waals surface area (Å²) >= 11 is 0. The lowest BCUT2D eigenvalue weighted by atomic mass is 10.1. The highest BCUT2D eigenvalue weighted by Gasteiger charge is 2.09. The fourth-order valence-corrected chi connectivity index (χ4v) is 3.07. The zero-order valence-corrected chi connectivity index (χ0v) is 18.3. The lowest BCUT2D eigenvalue weighted by molar-refractivity contribution is -0.121. The number of ether oxygens (including phenoxy) is 3. The third kappa shape index (κ3) is 6.21. The molecule has 164 valence electrons. The minimum Gasteiger partial charge on any atom is -0.493 e. The van der Waals surface area contributed by atoms with Gasteiger partial charge < -0.3 is 19.5 Å². The number of nitrogens with one attached hydrogen (secondary N) is 1. The average Bonchev–Trinajstić information content (AvgIpc) is 3.22. The Morgan fingerprint density at radius 3 is 2.48 bits per heavy atom. The molecule has 31 heavy (non-hydrogen) atoms. The first kappa shape index (κ1) is 22.1. The number of benzene rings is 2. The molecule has 0 saturated heterocycles. The molecule has 1 N–H and O–H groups in total. The second-order valence-electron chi connectivity index (χ2n) is 7.28. The van der Waals surface area contributed by atoms with Crippen molar-refractivity contribution in [1.29, 1.82) is 0 Å². The quantitative estimate of drug-likeness (QED) is 0.538. The molecule has 3 aromatic rings. The molecule has 0 aliphatic carbocycles. The van der Waals surface area contributed by atoms with E-state index in [0.29, 0.717) is 30.2 Å². The van der Waals surface area contributed by atoms with Gasteiger partial charge in [0.1, 0.15) is 18.0 Å². The fraction of sp³-hybridized carbons (Fsp3) is 0.348. The molecule has 0 aliphatic rings. The van der Waals surface area contributed by atoms with Gasteiger partial charge in [0.15, 0.2) is 11.5 Å². The minimum atomic E-state index is -0.127. The van der Waals surface area contributed by atoms with E-state index in [-0.39, 0.29) is 18.6 Å². The van der Waals surface area contributed by atoms with Crippen molar-refractivity contribution in [3.8, 4) is 28.5 Å². The first-order valence-corrected chi connectivity index (χ1v) is 10.1. The van der Waals surface area contributed by atoms with Crippen LogP contribution in [0.5, 0.6) is 17.2 Å². The van der Waals surface area contributed by atoms with Crippen LogP contribution in [0.3, 0.4) is 0 Å².